The summed E-state index contributed by atoms with van der Waals surface area (Å²) in [6.07, 6.45) is 0. The van der Waals surface area contributed by atoms with Gasteiger partial charge in [-0.2, -0.15) is 0 Å². The molecule has 0 aliphatic carbocycles. The van der Waals surface area contributed by atoms with E-state index in [9.17, 15) is 9.18 Å². The first-order valence-electron chi connectivity index (χ1n) is 9.33. The summed E-state index contributed by atoms with van der Waals surface area (Å²) in [5.74, 6) is 0.505. The number of carbonyl (C=O) groups excluding carboxylic acids is 1. The molecule has 3 aromatic carbocycles. The Bertz CT molecular complexity index is 1200. The van der Waals surface area contributed by atoms with Crippen LogP contribution in [0.3, 0.4) is 0 Å². The smallest absolute Gasteiger partial charge is 0.289 e. The molecule has 1 aromatic heterocycles. The van der Waals surface area contributed by atoms with Gasteiger partial charge in [0, 0.05) is 17.6 Å². The molecule has 0 fully saturated rings. The van der Waals surface area contributed by atoms with Gasteiger partial charge >= 0.3 is 0 Å². The summed E-state index contributed by atoms with van der Waals surface area (Å²) in [5, 5.41) is 6.73. The fraction of sp³-hybridized carbons (Fsp3) is 0.0870. The van der Waals surface area contributed by atoms with Crippen LogP contribution in [0.15, 0.2) is 72.8 Å². The van der Waals surface area contributed by atoms with Crippen LogP contribution in [0.25, 0.3) is 10.9 Å². The van der Waals surface area contributed by atoms with E-state index in [1.54, 1.807) is 19.2 Å². The number of anilines is 2. The molecule has 1 amide bonds. The standard InChI is InChI=1S/C23H19FN4O2/c1-30-18-6-4-5-15(13-18)14-25-23(29)22-27-20-8-3-2-7-19(20)21(28-22)26-17-11-9-16(24)10-12-17/h2-13H,14H2,1H3,(H,25,29)(H,26,27,28). The van der Waals surface area contributed by atoms with Crippen LogP contribution < -0.4 is 15.4 Å². The Morgan fingerprint density at radius 3 is 2.60 bits per heavy atom. The molecule has 0 saturated heterocycles. The van der Waals surface area contributed by atoms with Gasteiger partial charge in [0.2, 0.25) is 5.82 Å². The van der Waals surface area contributed by atoms with E-state index in [4.69, 9.17) is 4.74 Å². The first kappa shape index (κ1) is 19.3. The second-order valence-corrected chi connectivity index (χ2v) is 6.58. The summed E-state index contributed by atoms with van der Waals surface area (Å²) in [7, 11) is 1.59. The van der Waals surface area contributed by atoms with Crippen molar-refractivity contribution in [2.24, 2.45) is 0 Å². The molecule has 0 saturated carbocycles. The lowest BCUT2D eigenvalue weighted by molar-refractivity contribution is 0.0941. The number of nitrogens with one attached hydrogen (secondary N) is 2. The Labute approximate surface area is 172 Å². The summed E-state index contributed by atoms with van der Waals surface area (Å²) in [6.45, 7) is 0.312. The first-order valence-corrected chi connectivity index (χ1v) is 9.33. The Morgan fingerprint density at radius 2 is 1.80 bits per heavy atom. The lowest BCUT2D eigenvalue weighted by Gasteiger charge is -2.11. The zero-order valence-corrected chi connectivity index (χ0v) is 16.2. The SMILES string of the molecule is COc1cccc(CNC(=O)c2nc(Nc3ccc(F)cc3)c3ccccc3n2)c1. The molecular formula is C23H19FN4O2. The quantitative estimate of drug-likeness (QED) is 0.498. The Hall–Kier alpha value is -4.00. The third kappa shape index (κ3) is 4.35. The minimum Gasteiger partial charge on any atom is -0.497 e. The van der Waals surface area contributed by atoms with Crippen LogP contribution in [0.4, 0.5) is 15.9 Å². The highest BCUT2D eigenvalue weighted by atomic mass is 19.1. The molecule has 30 heavy (non-hydrogen) atoms. The molecule has 4 aromatic rings. The number of halogens is 1. The fourth-order valence-electron chi connectivity index (χ4n) is 2.99. The van der Waals surface area contributed by atoms with Crippen LogP contribution in [0.5, 0.6) is 5.75 Å². The van der Waals surface area contributed by atoms with Gasteiger partial charge in [0.25, 0.3) is 5.91 Å². The monoisotopic (exact) mass is 402 g/mol. The summed E-state index contributed by atoms with van der Waals surface area (Å²) < 4.78 is 18.4. The number of carbonyl (C=O) groups is 1. The van der Waals surface area contributed by atoms with Gasteiger partial charge in [0.15, 0.2) is 0 Å². The van der Waals surface area contributed by atoms with Gasteiger partial charge in [0.05, 0.1) is 12.6 Å². The summed E-state index contributed by atoms with van der Waals surface area (Å²) in [5.41, 5.74) is 2.18. The summed E-state index contributed by atoms with van der Waals surface area (Å²) in [4.78, 5) is 21.5. The Balaban J connectivity index is 1.60. The summed E-state index contributed by atoms with van der Waals surface area (Å²) >= 11 is 0. The van der Waals surface area contributed by atoms with Crippen molar-refractivity contribution in [1.82, 2.24) is 15.3 Å². The largest absolute Gasteiger partial charge is 0.497 e. The maximum atomic E-state index is 13.2. The number of ether oxygens (including phenoxy) is 1. The minimum atomic E-state index is -0.397. The molecule has 0 unspecified atom stereocenters. The maximum absolute atomic E-state index is 13.2. The number of benzene rings is 3. The van der Waals surface area contributed by atoms with Crippen LogP contribution in [0.2, 0.25) is 0 Å². The number of amides is 1. The number of para-hydroxylation sites is 1. The van der Waals surface area contributed by atoms with E-state index < -0.39 is 5.91 Å². The molecule has 0 aliphatic heterocycles. The number of methoxy groups -OCH3 is 1. The van der Waals surface area contributed by atoms with Gasteiger partial charge in [-0.05, 0) is 54.1 Å². The van der Waals surface area contributed by atoms with Crippen molar-refractivity contribution in [3.8, 4) is 5.75 Å². The Kier molecular flexibility index (Phi) is 5.52. The van der Waals surface area contributed by atoms with Gasteiger partial charge in [-0.15, -0.1) is 0 Å². The van der Waals surface area contributed by atoms with Crippen LogP contribution in [-0.2, 0) is 6.54 Å². The number of rotatable bonds is 6. The molecule has 0 spiro atoms. The number of aromatic nitrogens is 2. The topological polar surface area (TPSA) is 76.1 Å². The van der Waals surface area contributed by atoms with Gasteiger partial charge in [-0.3, -0.25) is 4.79 Å². The molecule has 0 bridgehead atoms. The van der Waals surface area contributed by atoms with E-state index >= 15 is 0 Å². The van der Waals surface area contributed by atoms with Crippen LogP contribution in [0, 0.1) is 5.82 Å². The number of fused-ring (bicyclic) bond motifs is 1. The van der Waals surface area contributed by atoms with Crippen molar-refractivity contribution < 1.29 is 13.9 Å². The van der Waals surface area contributed by atoms with Crippen molar-refractivity contribution >= 4 is 28.3 Å². The highest BCUT2D eigenvalue weighted by Crippen LogP contribution is 2.24. The average Bonchev–Trinajstić information content (AvgIpc) is 2.79. The second-order valence-electron chi connectivity index (χ2n) is 6.58. The normalized spacial score (nSPS) is 10.6. The predicted molar refractivity (Wildman–Crippen MR) is 113 cm³/mol. The molecule has 1 heterocycles. The van der Waals surface area contributed by atoms with Crippen LogP contribution in [0.1, 0.15) is 16.2 Å². The minimum absolute atomic E-state index is 0.0428. The van der Waals surface area contributed by atoms with Crippen molar-refractivity contribution in [2.75, 3.05) is 12.4 Å². The van der Waals surface area contributed by atoms with Gasteiger partial charge in [0.1, 0.15) is 17.4 Å². The van der Waals surface area contributed by atoms with Gasteiger partial charge in [-0.1, -0.05) is 24.3 Å². The van der Waals surface area contributed by atoms with E-state index in [1.165, 1.54) is 12.1 Å². The van der Waals surface area contributed by atoms with Gasteiger partial charge in [-0.25, -0.2) is 14.4 Å². The second kappa shape index (κ2) is 8.57. The zero-order valence-electron chi connectivity index (χ0n) is 16.2. The van der Waals surface area contributed by atoms with E-state index in [-0.39, 0.29) is 11.6 Å². The molecule has 2 N–H and O–H groups in total. The van der Waals surface area contributed by atoms with Crippen molar-refractivity contribution in [3.05, 3.63) is 90.0 Å². The van der Waals surface area contributed by atoms with E-state index in [1.807, 2.05) is 48.5 Å². The van der Waals surface area contributed by atoms with Gasteiger partial charge < -0.3 is 15.4 Å². The van der Waals surface area contributed by atoms with Crippen molar-refractivity contribution in [1.29, 1.82) is 0 Å². The van der Waals surface area contributed by atoms with E-state index in [0.29, 0.717) is 23.6 Å². The van der Waals surface area contributed by atoms with Crippen LogP contribution >= 0.6 is 0 Å². The molecule has 0 aliphatic rings. The molecule has 4 rings (SSSR count). The fourth-order valence-corrected chi connectivity index (χ4v) is 2.99. The number of nitrogens with zero attached hydrogens (tertiary/aromatic N) is 2. The lowest BCUT2D eigenvalue weighted by atomic mass is 10.2. The maximum Gasteiger partial charge on any atom is 0.289 e. The third-order valence-electron chi connectivity index (χ3n) is 4.50. The highest BCUT2D eigenvalue weighted by molar-refractivity contribution is 5.97. The molecule has 6 nitrogen and oxygen atoms in total. The molecule has 7 heteroatoms. The molecule has 0 atom stereocenters. The predicted octanol–water partition coefficient (Wildman–Crippen LogP) is 4.45. The van der Waals surface area contributed by atoms with E-state index in [0.717, 1.165) is 16.7 Å². The third-order valence-corrected chi connectivity index (χ3v) is 4.50. The van der Waals surface area contributed by atoms with Crippen LogP contribution in [-0.4, -0.2) is 23.0 Å². The molecule has 0 radical (unpaired) electrons. The Morgan fingerprint density at radius 1 is 1.00 bits per heavy atom. The summed E-state index contributed by atoms with van der Waals surface area (Å²) in [6, 6.07) is 20.7. The van der Waals surface area contributed by atoms with Crippen molar-refractivity contribution in [3.63, 3.8) is 0 Å². The van der Waals surface area contributed by atoms with Crippen molar-refractivity contribution in [2.45, 2.75) is 6.54 Å². The lowest BCUT2D eigenvalue weighted by Crippen LogP contribution is -2.25. The molecular weight excluding hydrogens is 383 g/mol. The zero-order chi connectivity index (χ0) is 20.9. The van der Waals surface area contributed by atoms with E-state index in [2.05, 4.69) is 20.6 Å². The first-order chi connectivity index (χ1) is 14.6. The average molecular weight is 402 g/mol. The molecule has 150 valence electrons. The highest BCUT2D eigenvalue weighted by Gasteiger charge is 2.14. The number of hydrogen-bond acceptors (Lipinski definition) is 5. The number of hydrogen-bond donors (Lipinski definition) is 2.